The fraction of sp³-hybridized carbons (Fsp3) is 0.375. The van der Waals surface area contributed by atoms with E-state index >= 15 is 0 Å². The molecule has 3 aliphatic rings. The first kappa shape index (κ1) is 21.4. The van der Waals surface area contributed by atoms with Gasteiger partial charge in [-0.2, -0.15) is 0 Å². The highest BCUT2D eigenvalue weighted by Crippen LogP contribution is 2.50. The van der Waals surface area contributed by atoms with Crippen LogP contribution in [0.1, 0.15) is 36.8 Å². The van der Waals surface area contributed by atoms with E-state index in [9.17, 15) is 4.79 Å². The number of carbonyl (C=O) groups is 1. The molecule has 0 spiro atoms. The molecule has 9 nitrogen and oxygen atoms in total. The van der Waals surface area contributed by atoms with Crippen molar-refractivity contribution in [3.8, 4) is 11.3 Å². The Morgan fingerprint density at radius 1 is 1.18 bits per heavy atom. The van der Waals surface area contributed by atoms with Crippen LogP contribution in [0.15, 0.2) is 36.7 Å². The van der Waals surface area contributed by atoms with Crippen molar-refractivity contribution in [1.82, 2.24) is 19.9 Å². The molecule has 3 fully saturated rings. The summed E-state index contributed by atoms with van der Waals surface area (Å²) in [5.41, 5.74) is 4.05. The molecule has 0 radical (unpaired) electrons. The summed E-state index contributed by atoms with van der Waals surface area (Å²) < 4.78 is 11.0. The zero-order chi connectivity index (χ0) is 23.0. The second-order valence-corrected chi connectivity index (χ2v) is 8.75. The van der Waals surface area contributed by atoms with E-state index in [0.29, 0.717) is 31.0 Å². The summed E-state index contributed by atoms with van der Waals surface area (Å²) in [7, 11) is 1.65. The van der Waals surface area contributed by atoms with E-state index in [0.717, 1.165) is 46.9 Å². The van der Waals surface area contributed by atoms with E-state index in [1.54, 1.807) is 25.6 Å². The van der Waals surface area contributed by atoms with Gasteiger partial charge >= 0.3 is 0 Å². The van der Waals surface area contributed by atoms with Crippen molar-refractivity contribution in [2.45, 2.75) is 44.8 Å². The van der Waals surface area contributed by atoms with E-state index in [1.165, 1.54) is 6.92 Å². The van der Waals surface area contributed by atoms with Crippen LogP contribution in [0.25, 0.3) is 11.3 Å². The van der Waals surface area contributed by atoms with Crippen LogP contribution in [0.3, 0.4) is 0 Å². The summed E-state index contributed by atoms with van der Waals surface area (Å²) >= 11 is 0. The number of methoxy groups -OCH3 is 1. The SMILES string of the molecule is COCc1ccc(-c2cnc(NC(C)=O)cc2Nc2cc(C)nc(C34COC(C3)C4)n2)nc1. The maximum atomic E-state index is 11.6. The molecule has 1 aliphatic carbocycles. The first-order valence-electron chi connectivity index (χ1n) is 10.9. The van der Waals surface area contributed by atoms with Crippen LogP contribution < -0.4 is 10.6 Å². The standard InChI is InChI=1S/C24H26N6O3/c1-14-6-22(30-23(27-14)24-8-17(9-24)33-13-24)29-20-7-21(28-15(2)31)26-11-18(20)19-5-4-16(10-25-19)12-32-3/h4-7,10-11,17H,8-9,12-13H2,1-3H3,(H2,26,27,28,29,30,31). The molecule has 1 saturated carbocycles. The Hall–Kier alpha value is -3.43. The monoisotopic (exact) mass is 446 g/mol. The highest BCUT2D eigenvalue weighted by molar-refractivity contribution is 5.89. The van der Waals surface area contributed by atoms with Crippen molar-refractivity contribution in [2.24, 2.45) is 0 Å². The van der Waals surface area contributed by atoms with Gasteiger partial charge in [0.2, 0.25) is 5.91 Å². The van der Waals surface area contributed by atoms with Gasteiger partial charge in [0.05, 0.1) is 36.1 Å². The van der Waals surface area contributed by atoms with Gasteiger partial charge in [0.1, 0.15) is 17.5 Å². The first-order valence-corrected chi connectivity index (χ1v) is 10.9. The van der Waals surface area contributed by atoms with Crippen molar-refractivity contribution >= 4 is 23.2 Å². The third-order valence-electron chi connectivity index (χ3n) is 6.04. The fourth-order valence-corrected chi connectivity index (χ4v) is 4.43. The maximum absolute atomic E-state index is 11.6. The molecule has 170 valence electrons. The molecule has 0 unspecified atom stereocenters. The van der Waals surface area contributed by atoms with Crippen LogP contribution in [-0.4, -0.2) is 45.7 Å². The van der Waals surface area contributed by atoms with Gasteiger partial charge in [-0.05, 0) is 31.4 Å². The minimum Gasteiger partial charge on any atom is -0.380 e. The lowest BCUT2D eigenvalue weighted by Crippen LogP contribution is -2.39. The summed E-state index contributed by atoms with van der Waals surface area (Å²) in [5, 5.41) is 6.15. The number of anilines is 3. The average molecular weight is 447 g/mol. The summed E-state index contributed by atoms with van der Waals surface area (Å²) in [6.45, 7) is 4.58. The summed E-state index contributed by atoms with van der Waals surface area (Å²) in [5.74, 6) is 1.75. The van der Waals surface area contributed by atoms with Gasteiger partial charge in [0.15, 0.2) is 0 Å². The van der Waals surface area contributed by atoms with E-state index in [-0.39, 0.29) is 11.3 Å². The number of amides is 1. The maximum Gasteiger partial charge on any atom is 0.222 e. The van der Waals surface area contributed by atoms with Crippen molar-refractivity contribution in [1.29, 1.82) is 0 Å². The number of pyridine rings is 2. The number of aryl methyl sites for hydroxylation is 1. The molecule has 2 aliphatic heterocycles. The summed E-state index contributed by atoms with van der Waals surface area (Å²) in [6, 6.07) is 7.59. The predicted molar refractivity (Wildman–Crippen MR) is 123 cm³/mol. The first-order chi connectivity index (χ1) is 15.9. The number of aromatic nitrogens is 4. The Bertz CT molecular complexity index is 1190. The highest BCUT2D eigenvalue weighted by atomic mass is 16.5. The Morgan fingerprint density at radius 2 is 2.03 bits per heavy atom. The van der Waals surface area contributed by atoms with Gasteiger partial charge in [0.25, 0.3) is 0 Å². The number of fused-ring (bicyclic) bond motifs is 1. The van der Waals surface area contributed by atoms with Gasteiger partial charge in [-0.3, -0.25) is 9.78 Å². The van der Waals surface area contributed by atoms with Crippen LogP contribution in [0.5, 0.6) is 0 Å². The Balaban J connectivity index is 1.50. The summed E-state index contributed by atoms with van der Waals surface area (Å²) in [6.07, 6.45) is 5.76. The zero-order valence-electron chi connectivity index (χ0n) is 18.9. The normalized spacial score (nSPS) is 20.9. The van der Waals surface area contributed by atoms with Gasteiger partial charge in [-0.15, -0.1) is 0 Å². The van der Waals surface area contributed by atoms with Crippen LogP contribution >= 0.6 is 0 Å². The predicted octanol–water partition coefficient (Wildman–Crippen LogP) is 3.52. The fourth-order valence-electron chi connectivity index (χ4n) is 4.43. The van der Waals surface area contributed by atoms with E-state index in [2.05, 4.69) is 20.6 Å². The molecule has 2 saturated heterocycles. The number of carbonyl (C=O) groups excluding carboxylic acids is 1. The quantitative estimate of drug-likeness (QED) is 0.567. The second kappa shape index (κ2) is 8.49. The molecule has 0 aromatic carbocycles. The number of hydrogen-bond acceptors (Lipinski definition) is 8. The lowest BCUT2D eigenvalue weighted by atomic mass is 9.69. The van der Waals surface area contributed by atoms with Crippen LogP contribution in [-0.2, 0) is 26.3 Å². The Labute approximate surface area is 192 Å². The largest absolute Gasteiger partial charge is 0.380 e. The molecule has 5 heterocycles. The molecule has 3 aromatic rings. The number of rotatable bonds is 7. The molecule has 9 heteroatoms. The average Bonchev–Trinajstić information content (AvgIpc) is 3.37. The molecule has 2 N–H and O–H groups in total. The number of nitrogens with one attached hydrogen (secondary N) is 2. The van der Waals surface area contributed by atoms with Crippen LogP contribution in [0.4, 0.5) is 17.3 Å². The molecule has 3 aromatic heterocycles. The minimum absolute atomic E-state index is 0.0751. The third kappa shape index (κ3) is 4.29. The molecular formula is C24H26N6O3. The highest BCUT2D eigenvalue weighted by Gasteiger charge is 2.55. The number of ether oxygens (including phenoxy) is 2. The van der Waals surface area contributed by atoms with E-state index in [1.807, 2.05) is 25.1 Å². The van der Waals surface area contributed by atoms with Crippen molar-refractivity contribution in [3.63, 3.8) is 0 Å². The molecule has 2 bridgehead atoms. The van der Waals surface area contributed by atoms with Crippen molar-refractivity contribution < 1.29 is 14.3 Å². The zero-order valence-corrected chi connectivity index (χ0v) is 18.9. The molecule has 0 atom stereocenters. The van der Waals surface area contributed by atoms with E-state index < -0.39 is 0 Å². The molecular weight excluding hydrogens is 420 g/mol. The topological polar surface area (TPSA) is 111 Å². The number of hydrogen-bond donors (Lipinski definition) is 2. The Morgan fingerprint density at radius 3 is 2.70 bits per heavy atom. The second-order valence-electron chi connectivity index (χ2n) is 8.75. The van der Waals surface area contributed by atoms with Crippen LogP contribution in [0, 0.1) is 6.92 Å². The molecule has 6 rings (SSSR count). The lowest BCUT2D eigenvalue weighted by molar-refractivity contribution is -0.114. The lowest BCUT2D eigenvalue weighted by Gasteiger charge is -2.33. The molecule has 1 amide bonds. The smallest absolute Gasteiger partial charge is 0.222 e. The van der Waals surface area contributed by atoms with Gasteiger partial charge < -0.3 is 20.1 Å². The third-order valence-corrected chi connectivity index (χ3v) is 6.04. The van der Waals surface area contributed by atoms with Gasteiger partial charge in [0, 0.05) is 49.8 Å². The van der Waals surface area contributed by atoms with Gasteiger partial charge in [-0.25, -0.2) is 15.0 Å². The van der Waals surface area contributed by atoms with Crippen molar-refractivity contribution in [2.75, 3.05) is 24.4 Å². The minimum atomic E-state index is -0.191. The summed E-state index contributed by atoms with van der Waals surface area (Å²) in [4.78, 5) is 30.1. The Kier molecular flexibility index (Phi) is 5.51. The van der Waals surface area contributed by atoms with Crippen molar-refractivity contribution in [3.05, 3.63) is 53.7 Å². The van der Waals surface area contributed by atoms with Crippen LogP contribution in [0.2, 0.25) is 0 Å². The van der Waals surface area contributed by atoms with Gasteiger partial charge in [-0.1, -0.05) is 6.07 Å². The molecule has 33 heavy (non-hydrogen) atoms. The van der Waals surface area contributed by atoms with E-state index in [4.69, 9.17) is 19.4 Å². The number of nitrogens with zero attached hydrogens (tertiary/aromatic N) is 4.